The molecule has 188 valence electrons. The highest BCUT2D eigenvalue weighted by Gasteiger charge is 2.16. The number of nitrogens with one attached hydrogen (secondary N) is 2. The standard InChI is InChI=1S/C28H38N4O2S/c33-27(30-18-22-10-4-3-5-11-22)21-35-25-13-7-6-12-24(25)28(34)31-20-23-14-15-26(29-19-23)32-16-8-1-2-9-17-32/h6-7,12-15,19,22H,1-5,8-11,16-18,20-21H2,(H,30,33)(H,31,34). The van der Waals surface area contributed by atoms with Crippen LogP contribution < -0.4 is 15.5 Å². The number of thioether (sulfide) groups is 1. The number of aromatic nitrogens is 1. The molecule has 2 N–H and O–H groups in total. The predicted molar refractivity (Wildman–Crippen MR) is 143 cm³/mol. The largest absolute Gasteiger partial charge is 0.357 e. The third-order valence-electron chi connectivity index (χ3n) is 7.00. The average molecular weight is 495 g/mol. The second-order valence-electron chi connectivity index (χ2n) is 9.70. The Balaban J connectivity index is 1.25. The predicted octanol–water partition coefficient (Wildman–Crippen LogP) is 5.18. The number of anilines is 1. The summed E-state index contributed by atoms with van der Waals surface area (Å²) in [6.45, 7) is 3.32. The summed E-state index contributed by atoms with van der Waals surface area (Å²) in [6.07, 6.45) is 13.2. The maximum Gasteiger partial charge on any atom is 0.252 e. The molecule has 35 heavy (non-hydrogen) atoms. The molecule has 2 aromatic rings. The summed E-state index contributed by atoms with van der Waals surface area (Å²) in [6, 6.07) is 11.6. The smallest absolute Gasteiger partial charge is 0.252 e. The minimum Gasteiger partial charge on any atom is -0.357 e. The lowest BCUT2D eigenvalue weighted by atomic mass is 9.89. The van der Waals surface area contributed by atoms with Crippen LogP contribution in [-0.2, 0) is 11.3 Å². The monoisotopic (exact) mass is 494 g/mol. The fraction of sp³-hybridized carbons (Fsp3) is 0.536. The molecule has 0 unspecified atom stereocenters. The molecule has 1 aliphatic carbocycles. The second-order valence-corrected chi connectivity index (χ2v) is 10.7. The average Bonchev–Trinajstić information content (AvgIpc) is 3.20. The van der Waals surface area contributed by atoms with Crippen LogP contribution in [0.1, 0.15) is 73.7 Å². The van der Waals surface area contributed by atoms with Gasteiger partial charge in [0.05, 0.1) is 11.3 Å². The van der Waals surface area contributed by atoms with Gasteiger partial charge in [0.15, 0.2) is 0 Å². The topological polar surface area (TPSA) is 74.3 Å². The Labute approximate surface area is 213 Å². The molecule has 0 spiro atoms. The van der Waals surface area contributed by atoms with Gasteiger partial charge in [0, 0.05) is 37.3 Å². The first-order valence-electron chi connectivity index (χ1n) is 13.2. The van der Waals surface area contributed by atoms with Crippen LogP contribution in [0.3, 0.4) is 0 Å². The van der Waals surface area contributed by atoms with Gasteiger partial charge in [0.25, 0.3) is 5.91 Å². The minimum atomic E-state index is -0.132. The van der Waals surface area contributed by atoms with Gasteiger partial charge in [0.2, 0.25) is 5.91 Å². The number of hydrogen-bond acceptors (Lipinski definition) is 5. The maximum atomic E-state index is 12.9. The quantitative estimate of drug-likeness (QED) is 0.470. The Morgan fingerprint density at radius 1 is 0.914 bits per heavy atom. The van der Waals surface area contributed by atoms with Crippen molar-refractivity contribution in [2.75, 3.05) is 30.3 Å². The van der Waals surface area contributed by atoms with Crippen LogP contribution in [0, 0.1) is 5.92 Å². The Morgan fingerprint density at radius 3 is 2.40 bits per heavy atom. The van der Waals surface area contributed by atoms with E-state index in [-0.39, 0.29) is 11.8 Å². The Kier molecular flexibility index (Phi) is 9.87. The zero-order chi connectivity index (χ0) is 24.3. The van der Waals surface area contributed by atoms with Gasteiger partial charge in [-0.3, -0.25) is 9.59 Å². The van der Waals surface area contributed by atoms with E-state index in [0.29, 0.717) is 23.8 Å². The van der Waals surface area contributed by atoms with Crippen molar-refractivity contribution in [1.29, 1.82) is 0 Å². The number of rotatable bonds is 9. The summed E-state index contributed by atoms with van der Waals surface area (Å²) in [4.78, 5) is 33.1. The molecular formula is C28H38N4O2S. The Morgan fingerprint density at radius 2 is 1.66 bits per heavy atom. The molecule has 1 aromatic heterocycles. The van der Waals surface area contributed by atoms with Crippen molar-refractivity contribution in [3.63, 3.8) is 0 Å². The van der Waals surface area contributed by atoms with Gasteiger partial charge in [0.1, 0.15) is 5.82 Å². The number of pyridine rings is 1. The van der Waals surface area contributed by atoms with Crippen molar-refractivity contribution >= 4 is 29.4 Å². The lowest BCUT2D eigenvalue weighted by molar-refractivity contribution is -0.118. The minimum absolute atomic E-state index is 0.0337. The molecule has 7 heteroatoms. The number of amides is 2. The third kappa shape index (κ3) is 7.99. The summed E-state index contributed by atoms with van der Waals surface area (Å²) in [5.74, 6) is 1.85. The number of carbonyl (C=O) groups is 2. The highest BCUT2D eigenvalue weighted by molar-refractivity contribution is 8.00. The van der Waals surface area contributed by atoms with E-state index in [1.807, 2.05) is 36.5 Å². The summed E-state index contributed by atoms with van der Waals surface area (Å²) < 4.78 is 0. The third-order valence-corrected chi connectivity index (χ3v) is 8.07. The van der Waals surface area contributed by atoms with Crippen LogP contribution in [0.4, 0.5) is 5.82 Å². The van der Waals surface area contributed by atoms with E-state index in [9.17, 15) is 9.59 Å². The lowest BCUT2D eigenvalue weighted by Gasteiger charge is -2.21. The Bertz CT molecular complexity index is 952. The molecule has 1 saturated carbocycles. The van der Waals surface area contributed by atoms with Gasteiger partial charge in [-0.1, -0.05) is 50.3 Å². The molecular weight excluding hydrogens is 456 g/mol. The molecule has 1 aromatic carbocycles. The molecule has 0 radical (unpaired) electrons. The Hall–Kier alpha value is -2.54. The van der Waals surface area contributed by atoms with Crippen LogP contribution in [0.5, 0.6) is 0 Å². The van der Waals surface area contributed by atoms with Crippen molar-refractivity contribution in [1.82, 2.24) is 15.6 Å². The van der Waals surface area contributed by atoms with Gasteiger partial charge >= 0.3 is 0 Å². The highest BCUT2D eigenvalue weighted by atomic mass is 32.2. The van der Waals surface area contributed by atoms with Crippen LogP contribution in [-0.4, -0.2) is 42.2 Å². The van der Waals surface area contributed by atoms with E-state index in [1.165, 1.54) is 69.5 Å². The molecule has 1 aliphatic heterocycles. The van der Waals surface area contributed by atoms with E-state index >= 15 is 0 Å². The summed E-state index contributed by atoms with van der Waals surface area (Å²) in [7, 11) is 0. The van der Waals surface area contributed by atoms with Crippen LogP contribution in [0.25, 0.3) is 0 Å². The maximum absolute atomic E-state index is 12.9. The van der Waals surface area contributed by atoms with Gasteiger partial charge in [-0.2, -0.15) is 0 Å². The number of nitrogens with zero attached hydrogens (tertiary/aromatic N) is 2. The molecule has 2 fully saturated rings. The van der Waals surface area contributed by atoms with Gasteiger partial charge < -0.3 is 15.5 Å². The first kappa shape index (κ1) is 25.5. The van der Waals surface area contributed by atoms with Crippen molar-refractivity contribution in [2.45, 2.75) is 69.2 Å². The van der Waals surface area contributed by atoms with E-state index in [2.05, 4.69) is 26.6 Å². The summed E-state index contributed by atoms with van der Waals surface area (Å²) >= 11 is 1.42. The van der Waals surface area contributed by atoms with Crippen molar-refractivity contribution in [3.05, 3.63) is 53.7 Å². The van der Waals surface area contributed by atoms with Gasteiger partial charge in [-0.05, 0) is 55.4 Å². The lowest BCUT2D eigenvalue weighted by Crippen LogP contribution is -2.31. The highest BCUT2D eigenvalue weighted by Crippen LogP contribution is 2.24. The van der Waals surface area contributed by atoms with Crippen molar-refractivity contribution < 1.29 is 9.59 Å². The van der Waals surface area contributed by atoms with Crippen LogP contribution in [0.2, 0.25) is 0 Å². The molecule has 0 atom stereocenters. The van der Waals surface area contributed by atoms with Crippen molar-refractivity contribution in [3.8, 4) is 0 Å². The summed E-state index contributed by atoms with van der Waals surface area (Å²) in [5, 5.41) is 6.09. The zero-order valence-electron chi connectivity index (χ0n) is 20.6. The first-order chi connectivity index (χ1) is 17.2. The van der Waals surface area contributed by atoms with Gasteiger partial charge in [-0.15, -0.1) is 11.8 Å². The second kappa shape index (κ2) is 13.5. The van der Waals surface area contributed by atoms with Gasteiger partial charge in [-0.25, -0.2) is 4.98 Å². The first-order valence-corrected chi connectivity index (χ1v) is 14.1. The van der Waals surface area contributed by atoms with E-state index in [0.717, 1.165) is 35.9 Å². The molecule has 6 nitrogen and oxygen atoms in total. The van der Waals surface area contributed by atoms with E-state index in [1.54, 1.807) is 0 Å². The molecule has 0 bridgehead atoms. The molecule has 1 saturated heterocycles. The molecule has 2 heterocycles. The normalized spacial score (nSPS) is 17.0. The zero-order valence-corrected chi connectivity index (χ0v) is 21.5. The fourth-order valence-electron chi connectivity index (χ4n) is 4.91. The number of benzene rings is 1. The van der Waals surface area contributed by atoms with Crippen molar-refractivity contribution in [2.24, 2.45) is 5.92 Å². The molecule has 2 aliphatic rings. The molecule has 4 rings (SSSR count). The van der Waals surface area contributed by atoms with Crippen LogP contribution in [0.15, 0.2) is 47.5 Å². The number of carbonyl (C=O) groups excluding carboxylic acids is 2. The summed E-state index contributed by atoms with van der Waals surface area (Å²) in [5.41, 5.74) is 1.58. The fourth-order valence-corrected chi connectivity index (χ4v) is 5.79. The van der Waals surface area contributed by atoms with E-state index in [4.69, 9.17) is 0 Å². The molecule has 2 amide bonds. The number of hydrogen-bond donors (Lipinski definition) is 2. The van der Waals surface area contributed by atoms with Crippen LogP contribution >= 0.6 is 11.8 Å². The van der Waals surface area contributed by atoms with E-state index < -0.39 is 0 Å². The SMILES string of the molecule is O=C(CSc1ccccc1C(=O)NCc1ccc(N2CCCCCC2)nc1)NCC1CCCCC1.